The quantitative estimate of drug-likeness (QED) is 0.502. The Hall–Kier alpha value is -3.94. The lowest BCUT2D eigenvalue weighted by Gasteiger charge is -2.13. The lowest BCUT2D eigenvalue weighted by atomic mass is 10.0. The Morgan fingerprint density at radius 3 is 1.63 bits per heavy atom. The van der Waals surface area contributed by atoms with Gasteiger partial charge in [0, 0.05) is 25.2 Å². The van der Waals surface area contributed by atoms with E-state index in [9.17, 15) is 0 Å². The van der Waals surface area contributed by atoms with Crippen molar-refractivity contribution >= 4 is 22.9 Å². The summed E-state index contributed by atoms with van der Waals surface area (Å²) in [5.41, 5.74) is 4.37. The number of anilines is 2. The van der Waals surface area contributed by atoms with Gasteiger partial charge in [0.15, 0.2) is 17.0 Å². The number of aromatic nitrogens is 4. The van der Waals surface area contributed by atoms with E-state index in [2.05, 4.69) is 20.6 Å². The molecule has 30 heavy (non-hydrogen) atoms. The Kier molecular flexibility index (Phi) is 5.30. The molecule has 0 saturated carbocycles. The first-order chi connectivity index (χ1) is 14.7. The smallest absolute Gasteiger partial charge is 0.226 e. The largest absolute Gasteiger partial charge is 0.497 e. The van der Waals surface area contributed by atoms with Gasteiger partial charge >= 0.3 is 0 Å². The first-order valence-corrected chi connectivity index (χ1v) is 9.41. The fourth-order valence-electron chi connectivity index (χ4n) is 3.13. The molecule has 0 aliphatic heterocycles. The third kappa shape index (κ3) is 3.55. The van der Waals surface area contributed by atoms with Crippen LogP contribution in [0.15, 0.2) is 48.5 Å². The molecule has 2 aromatic heterocycles. The summed E-state index contributed by atoms with van der Waals surface area (Å²) in [4.78, 5) is 18.7. The molecule has 4 rings (SSSR count). The van der Waals surface area contributed by atoms with Gasteiger partial charge in [-0.05, 0) is 48.5 Å². The van der Waals surface area contributed by atoms with Crippen molar-refractivity contribution in [3.8, 4) is 34.0 Å². The molecule has 0 fully saturated rings. The van der Waals surface area contributed by atoms with Gasteiger partial charge in [0.1, 0.15) is 11.5 Å². The van der Waals surface area contributed by atoms with Gasteiger partial charge in [-0.2, -0.15) is 9.97 Å². The first kappa shape index (κ1) is 19.4. The molecule has 0 radical (unpaired) electrons. The molecule has 0 saturated heterocycles. The first-order valence-electron chi connectivity index (χ1n) is 9.41. The third-order valence-electron chi connectivity index (χ3n) is 4.72. The molecule has 0 atom stereocenters. The van der Waals surface area contributed by atoms with E-state index in [4.69, 9.17) is 19.4 Å². The van der Waals surface area contributed by atoms with Gasteiger partial charge in [-0.15, -0.1) is 0 Å². The van der Waals surface area contributed by atoms with E-state index in [0.717, 1.165) is 34.0 Å². The fraction of sp³-hybridized carbons (Fsp3) is 0.182. The van der Waals surface area contributed by atoms with Crippen molar-refractivity contribution in [1.82, 2.24) is 19.9 Å². The van der Waals surface area contributed by atoms with Crippen molar-refractivity contribution in [2.75, 3.05) is 38.9 Å². The van der Waals surface area contributed by atoms with E-state index >= 15 is 0 Å². The maximum Gasteiger partial charge on any atom is 0.226 e. The van der Waals surface area contributed by atoms with E-state index in [-0.39, 0.29) is 0 Å². The van der Waals surface area contributed by atoms with Crippen LogP contribution in [-0.2, 0) is 0 Å². The van der Waals surface area contributed by atoms with Crippen molar-refractivity contribution in [2.45, 2.75) is 0 Å². The fourth-order valence-corrected chi connectivity index (χ4v) is 3.13. The second kappa shape index (κ2) is 8.20. The van der Waals surface area contributed by atoms with E-state index in [1.807, 2.05) is 48.5 Å². The predicted octanol–water partition coefficient (Wildman–Crippen LogP) is 3.85. The topological polar surface area (TPSA) is 94.1 Å². The van der Waals surface area contributed by atoms with Crippen LogP contribution in [0.2, 0.25) is 0 Å². The Balaban J connectivity index is 1.99. The van der Waals surface area contributed by atoms with E-state index in [1.165, 1.54) is 0 Å². The zero-order chi connectivity index (χ0) is 21.1. The zero-order valence-electron chi connectivity index (χ0n) is 17.2. The summed E-state index contributed by atoms with van der Waals surface area (Å²) in [5.74, 6) is 2.62. The van der Waals surface area contributed by atoms with Crippen molar-refractivity contribution < 1.29 is 9.47 Å². The van der Waals surface area contributed by atoms with Crippen LogP contribution < -0.4 is 20.1 Å². The minimum absolute atomic E-state index is 0.471. The standard InChI is InChI=1S/C22H22N6O2/c1-23-20-19-21(28-22(24-2)27-20)26-18(14-7-11-16(30-4)12-8-14)17(25-19)13-5-9-15(29-3)10-6-13/h5-12H,1-4H3,(H2,23,24,26,27,28). The van der Waals surface area contributed by atoms with E-state index in [1.54, 1.807) is 28.3 Å². The summed E-state index contributed by atoms with van der Waals surface area (Å²) in [6, 6.07) is 15.4. The molecule has 2 aromatic carbocycles. The molecule has 0 unspecified atom stereocenters. The number of ether oxygens (including phenoxy) is 2. The highest BCUT2D eigenvalue weighted by molar-refractivity contribution is 5.90. The van der Waals surface area contributed by atoms with Crippen LogP contribution in [0.4, 0.5) is 11.8 Å². The molecule has 0 bridgehead atoms. The molecule has 0 aliphatic carbocycles. The predicted molar refractivity (Wildman–Crippen MR) is 118 cm³/mol. The summed E-state index contributed by atoms with van der Waals surface area (Å²) in [5, 5.41) is 6.05. The number of fused-ring (bicyclic) bond motifs is 1. The van der Waals surface area contributed by atoms with Crippen molar-refractivity contribution in [3.05, 3.63) is 48.5 Å². The average Bonchev–Trinajstić information content (AvgIpc) is 2.82. The SMILES string of the molecule is CNc1nc(NC)c2nc(-c3ccc(OC)cc3)c(-c3ccc(OC)cc3)nc2n1. The Bertz CT molecular complexity index is 1180. The minimum Gasteiger partial charge on any atom is -0.497 e. The maximum absolute atomic E-state index is 5.29. The van der Waals surface area contributed by atoms with Crippen LogP contribution in [0.25, 0.3) is 33.7 Å². The van der Waals surface area contributed by atoms with Crippen molar-refractivity contribution in [3.63, 3.8) is 0 Å². The molecule has 0 spiro atoms. The molecule has 2 heterocycles. The monoisotopic (exact) mass is 402 g/mol. The molecule has 8 nitrogen and oxygen atoms in total. The lowest BCUT2D eigenvalue weighted by Crippen LogP contribution is -2.05. The summed E-state index contributed by atoms with van der Waals surface area (Å²) >= 11 is 0. The Morgan fingerprint density at radius 1 is 0.633 bits per heavy atom. The average molecular weight is 402 g/mol. The van der Waals surface area contributed by atoms with E-state index in [0.29, 0.717) is 22.9 Å². The summed E-state index contributed by atoms with van der Waals surface area (Å²) in [6.07, 6.45) is 0. The van der Waals surface area contributed by atoms with Crippen molar-refractivity contribution in [1.29, 1.82) is 0 Å². The molecule has 4 aromatic rings. The van der Waals surface area contributed by atoms with Crippen LogP contribution in [-0.4, -0.2) is 48.3 Å². The van der Waals surface area contributed by atoms with Crippen LogP contribution >= 0.6 is 0 Å². The number of nitrogens with zero attached hydrogens (tertiary/aromatic N) is 4. The van der Waals surface area contributed by atoms with Crippen molar-refractivity contribution in [2.24, 2.45) is 0 Å². The van der Waals surface area contributed by atoms with Gasteiger partial charge < -0.3 is 20.1 Å². The van der Waals surface area contributed by atoms with E-state index < -0.39 is 0 Å². The number of hydrogen-bond donors (Lipinski definition) is 2. The van der Waals surface area contributed by atoms with Gasteiger partial charge in [-0.3, -0.25) is 0 Å². The second-order valence-electron chi connectivity index (χ2n) is 6.45. The number of hydrogen-bond acceptors (Lipinski definition) is 8. The lowest BCUT2D eigenvalue weighted by molar-refractivity contribution is 0.414. The normalized spacial score (nSPS) is 10.7. The molecule has 0 aliphatic rings. The maximum atomic E-state index is 5.29. The van der Waals surface area contributed by atoms with Gasteiger partial charge in [-0.1, -0.05) is 0 Å². The number of nitrogens with one attached hydrogen (secondary N) is 2. The Morgan fingerprint density at radius 2 is 1.17 bits per heavy atom. The third-order valence-corrected chi connectivity index (χ3v) is 4.72. The van der Waals surface area contributed by atoms with Crippen LogP contribution in [0.5, 0.6) is 11.5 Å². The summed E-state index contributed by atoms with van der Waals surface area (Å²) < 4.78 is 10.6. The number of benzene rings is 2. The number of rotatable bonds is 6. The number of methoxy groups -OCH3 is 2. The van der Waals surface area contributed by atoms with Crippen LogP contribution in [0.1, 0.15) is 0 Å². The Labute approximate surface area is 174 Å². The molecule has 152 valence electrons. The van der Waals surface area contributed by atoms with Gasteiger partial charge in [-0.25, -0.2) is 9.97 Å². The summed E-state index contributed by atoms with van der Waals surface area (Å²) in [7, 11) is 6.85. The zero-order valence-corrected chi connectivity index (χ0v) is 17.2. The molecule has 2 N–H and O–H groups in total. The minimum atomic E-state index is 0.471. The van der Waals surface area contributed by atoms with Crippen LogP contribution in [0.3, 0.4) is 0 Å². The van der Waals surface area contributed by atoms with Gasteiger partial charge in [0.05, 0.1) is 25.6 Å². The molecular formula is C22H22N6O2. The second-order valence-corrected chi connectivity index (χ2v) is 6.45. The molecule has 0 amide bonds. The summed E-state index contributed by atoms with van der Waals surface area (Å²) in [6.45, 7) is 0. The highest BCUT2D eigenvalue weighted by Gasteiger charge is 2.17. The van der Waals surface area contributed by atoms with Gasteiger partial charge in [0.2, 0.25) is 5.95 Å². The van der Waals surface area contributed by atoms with Gasteiger partial charge in [0.25, 0.3) is 0 Å². The highest BCUT2D eigenvalue weighted by Crippen LogP contribution is 2.33. The molecule has 8 heteroatoms. The highest BCUT2D eigenvalue weighted by atomic mass is 16.5. The van der Waals surface area contributed by atoms with Crippen LogP contribution in [0, 0.1) is 0 Å². The molecular weight excluding hydrogens is 380 g/mol.